The van der Waals surface area contributed by atoms with Gasteiger partial charge in [0.15, 0.2) is 5.78 Å². The summed E-state index contributed by atoms with van der Waals surface area (Å²) in [4.78, 5) is 24.2. The van der Waals surface area contributed by atoms with E-state index in [-0.39, 0.29) is 5.78 Å². The molecule has 0 aliphatic heterocycles. The zero-order chi connectivity index (χ0) is 19.6. The van der Waals surface area contributed by atoms with Crippen LogP contribution in [0.5, 0.6) is 0 Å². The van der Waals surface area contributed by atoms with Gasteiger partial charge >= 0.3 is 5.97 Å². The second-order valence-corrected chi connectivity index (χ2v) is 7.63. The van der Waals surface area contributed by atoms with E-state index < -0.39 is 17.5 Å². The summed E-state index contributed by atoms with van der Waals surface area (Å²) in [5, 5.41) is 9.55. The van der Waals surface area contributed by atoms with Crippen molar-refractivity contribution < 1.29 is 19.4 Å². The van der Waals surface area contributed by atoms with Crippen LogP contribution in [0, 0.1) is 5.41 Å². The number of hydrogen-bond donors (Lipinski definition) is 1. The molecule has 1 aliphatic carbocycles. The van der Waals surface area contributed by atoms with E-state index in [2.05, 4.69) is 15.9 Å². The predicted octanol–water partition coefficient (Wildman–Crippen LogP) is 4.96. The molecule has 0 spiro atoms. The van der Waals surface area contributed by atoms with Crippen LogP contribution in [-0.2, 0) is 9.53 Å². The van der Waals surface area contributed by atoms with Crippen molar-refractivity contribution in [2.45, 2.75) is 33.8 Å². The summed E-state index contributed by atoms with van der Waals surface area (Å²) < 4.78 is 6.56. The van der Waals surface area contributed by atoms with Gasteiger partial charge < -0.3 is 9.84 Å². The fourth-order valence-electron chi connectivity index (χ4n) is 3.59. The molecule has 0 aromatic heterocycles. The van der Waals surface area contributed by atoms with E-state index in [4.69, 9.17) is 4.74 Å². The molecule has 1 N–H and O–H groups in total. The molecule has 26 heavy (non-hydrogen) atoms. The SMILES string of the molecule is COC1C(C)=C(C(=O)O)C(C)=C(C)C1(C)C=CC(=O)c1ccc(Br)cc1. The van der Waals surface area contributed by atoms with Crippen LogP contribution < -0.4 is 0 Å². The number of halogens is 1. The highest BCUT2D eigenvalue weighted by molar-refractivity contribution is 9.10. The minimum absolute atomic E-state index is 0.107. The van der Waals surface area contributed by atoms with Gasteiger partial charge in [0.25, 0.3) is 0 Å². The quantitative estimate of drug-likeness (QED) is 0.541. The molecule has 1 aromatic rings. The number of allylic oxidation sites excluding steroid dienone is 1. The van der Waals surface area contributed by atoms with Gasteiger partial charge in [0.2, 0.25) is 0 Å². The molecule has 1 aliphatic rings. The zero-order valence-electron chi connectivity index (χ0n) is 15.6. The molecule has 0 amide bonds. The molecule has 2 unspecified atom stereocenters. The fraction of sp³-hybridized carbons (Fsp3) is 0.333. The summed E-state index contributed by atoms with van der Waals surface area (Å²) in [7, 11) is 1.56. The molecular formula is C21H23BrO4. The van der Waals surface area contributed by atoms with E-state index >= 15 is 0 Å². The standard InChI is InChI=1S/C21H23BrO4/c1-12-14(3)21(4,19(26-5)13(2)18(12)20(24)25)11-10-17(23)15-6-8-16(22)9-7-15/h6-11,19H,1-5H3,(H,24,25). The van der Waals surface area contributed by atoms with Crippen molar-refractivity contribution >= 4 is 27.7 Å². The Labute approximate surface area is 162 Å². The highest BCUT2D eigenvalue weighted by Crippen LogP contribution is 2.45. The van der Waals surface area contributed by atoms with E-state index in [0.717, 1.165) is 10.0 Å². The molecule has 0 fully saturated rings. The lowest BCUT2D eigenvalue weighted by molar-refractivity contribution is -0.132. The Morgan fingerprint density at radius 3 is 2.27 bits per heavy atom. The van der Waals surface area contributed by atoms with E-state index in [1.165, 1.54) is 0 Å². The normalized spacial score (nSPS) is 23.7. The molecule has 0 saturated carbocycles. The predicted molar refractivity (Wildman–Crippen MR) is 105 cm³/mol. The molecular weight excluding hydrogens is 396 g/mol. The van der Waals surface area contributed by atoms with Gasteiger partial charge in [-0.15, -0.1) is 0 Å². The molecule has 0 heterocycles. The number of aliphatic carboxylic acids is 1. The minimum atomic E-state index is -0.960. The third-order valence-electron chi connectivity index (χ3n) is 5.24. The number of ketones is 1. The molecule has 2 rings (SSSR count). The summed E-state index contributed by atoms with van der Waals surface area (Å²) in [5.74, 6) is -1.07. The lowest BCUT2D eigenvalue weighted by atomic mass is 9.67. The number of rotatable bonds is 5. The number of ether oxygens (including phenoxy) is 1. The van der Waals surface area contributed by atoms with Crippen molar-refractivity contribution in [2.24, 2.45) is 5.41 Å². The fourth-order valence-corrected chi connectivity index (χ4v) is 3.85. The average Bonchev–Trinajstić information content (AvgIpc) is 2.59. The van der Waals surface area contributed by atoms with Gasteiger partial charge in [-0.2, -0.15) is 0 Å². The van der Waals surface area contributed by atoms with Crippen molar-refractivity contribution in [3.05, 3.63) is 68.7 Å². The first-order valence-corrected chi connectivity index (χ1v) is 9.07. The Kier molecular flexibility index (Phi) is 6.04. The van der Waals surface area contributed by atoms with Crippen molar-refractivity contribution in [2.75, 3.05) is 7.11 Å². The van der Waals surface area contributed by atoms with Crippen LogP contribution in [0.4, 0.5) is 0 Å². The Bertz CT molecular complexity index is 830. The molecule has 0 saturated heterocycles. The van der Waals surface area contributed by atoms with Crippen LogP contribution >= 0.6 is 15.9 Å². The number of carbonyl (C=O) groups excluding carboxylic acids is 1. The lowest BCUT2D eigenvalue weighted by Gasteiger charge is -2.41. The smallest absolute Gasteiger partial charge is 0.335 e. The maximum absolute atomic E-state index is 12.5. The second kappa shape index (κ2) is 7.72. The summed E-state index contributed by atoms with van der Waals surface area (Å²) in [6, 6.07) is 7.16. The Balaban J connectivity index is 2.45. The third-order valence-corrected chi connectivity index (χ3v) is 5.77. The summed E-state index contributed by atoms with van der Waals surface area (Å²) in [6.07, 6.45) is 2.92. The summed E-state index contributed by atoms with van der Waals surface area (Å²) in [6.45, 7) is 7.44. The number of carboxylic acid groups (broad SMARTS) is 1. The van der Waals surface area contributed by atoms with Gasteiger partial charge in [0.05, 0.1) is 11.7 Å². The highest BCUT2D eigenvalue weighted by atomic mass is 79.9. The van der Waals surface area contributed by atoms with Crippen LogP contribution in [0.1, 0.15) is 38.1 Å². The first-order valence-electron chi connectivity index (χ1n) is 8.27. The Hall–Kier alpha value is -1.98. The Morgan fingerprint density at radius 1 is 1.19 bits per heavy atom. The average molecular weight is 419 g/mol. The molecule has 5 heteroatoms. The van der Waals surface area contributed by atoms with Crippen molar-refractivity contribution in [1.82, 2.24) is 0 Å². The first kappa shape index (κ1) is 20.3. The van der Waals surface area contributed by atoms with Crippen LogP contribution in [0.3, 0.4) is 0 Å². The molecule has 1 aromatic carbocycles. The van der Waals surface area contributed by atoms with E-state index in [0.29, 0.717) is 22.3 Å². The maximum Gasteiger partial charge on any atom is 0.335 e. The molecule has 4 nitrogen and oxygen atoms in total. The number of carboxylic acids is 1. The monoisotopic (exact) mass is 418 g/mol. The third kappa shape index (κ3) is 3.60. The number of methoxy groups -OCH3 is 1. The largest absolute Gasteiger partial charge is 0.478 e. The second-order valence-electron chi connectivity index (χ2n) is 6.72. The topological polar surface area (TPSA) is 63.6 Å². The van der Waals surface area contributed by atoms with Crippen molar-refractivity contribution in [1.29, 1.82) is 0 Å². The van der Waals surface area contributed by atoms with Crippen LogP contribution in [-0.4, -0.2) is 30.1 Å². The van der Waals surface area contributed by atoms with Crippen LogP contribution in [0.25, 0.3) is 0 Å². The molecule has 0 bridgehead atoms. The first-order chi connectivity index (χ1) is 12.1. The van der Waals surface area contributed by atoms with Crippen LogP contribution in [0.2, 0.25) is 0 Å². The van der Waals surface area contributed by atoms with E-state index in [1.807, 2.05) is 32.1 Å². The number of carbonyl (C=O) groups is 2. The highest BCUT2D eigenvalue weighted by Gasteiger charge is 2.42. The maximum atomic E-state index is 12.5. The summed E-state index contributed by atoms with van der Waals surface area (Å²) in [5.41, 5.74) is 2.53. The van der Waals surface area contributed by atoms with Crippen LogP contribution in [0.15, 0.2) is 63.2 Å². The number of hydrogen-bond acceptors (Lipinski definition) is 3. The molecule has 138 valence electrons. The van der Waals surface area contributed by atoms with Crippen molar-refractivity contribution in [3.8, 4) is 0 Å². The lowest BCUT2D eigenvalue weighted by Crippen LogP contribution is -2.39. The van der Waals surface area contributed by atoms with Gasteiger partial charge in [-0.05, 0) is 69.2 Å². The minimum Gasteiger partial charge on any atom is -0.478 e. The van der Waals surface area contributed by atoms with E-state index in [1.54, 1.807) is 39.2 Å². The number of benzene rings is 1. The van der Waals surface area contributed by atoms with Gasteiger partial charge in [-0.1, -0.05) is 27.6 Å². The molecule has 0 radical (unpaired) electrons. The van der Waals surface area contributed by atoms with E-state index in [9.17, 15) is 14.7 Å². The van der Waals surface area contributed by atoms with Gasteiger partial charge in [0, 0.05) is 22.6 Å². The van der Waals surface area contributed by atoms with Gasteiger partial charge in [0.1, 0.15) is 0 Å². The van der Waals surface area contributed by atoms with Gasteiger partial charge in [-0.3, -0.25) is 4.79 Å². The Morgan fingerprint density at radius 2 is 1.77 bits per heavy atom. The van der Waals surface area contributed by atoms with Crippen molar-refractivity contribution in [3.63, 3.8) is 0 Å². The molecule has 2 atom stereocenters. The zero-order valence-corrected chi connectivity index (χ0v) is 17.2. The summed E-state index contributed by atoms with van der Waals surface area (Å²) >= 11 is 3.36. The van der Waals surface area contributed by atoms with Gasteiger partial charge in [-0.25, -0.2) is 4.79 Å².